The van der Waals surface area contributed by atoms with Crippen LogP contribution >= 0.6 is 0 Å². The quantitative estimate of drug-likeness (QED) is 0.843. The number of nitrogens with two attached hydrogens (primary N) is 1. The summed E-state index contributed by atoms with van der Waals surface area (Å²) in [5, 5.41) is 13.6. The van der Waals surface area contributed by atoms with Crippen LogP contribution in [0.1, 0.15) is 13.8 Å². The lowest BCUT2D eigenvalue weighted by Crippen LogP contribution is -2.31. The van der Waals surface area contributed by atoms with E-state index in [-0.39, 0.29) is 5.41 Å². The Morgan fingerprint density at radius 3 is 2.82 bits per heavy atom. The number of nitrogens with one attached hydrogen (secondary N) is 1. The molecular formula is C13H18N4. The van der Waals surface area contributed by atoms with Crippen LogP contribution in [0.15, 0.2) is 30.5 Å². The van der Waals surface area contributed by atoms with Crippen molar-refractivity contribution in [1.82, 2.24) is 10.2 Å². The molecule has 17 heavy (non-hydrogen) atoms. The molecule has 0 fully saturated rings. The molecule has 4 heteroatoms. The summed E-state index contributed by atoms with van der Waals surface area (Å²) >= 11 is 0. The molecule has 2 aromatic rings. The Morgan fingerprint density at radius 1 is 1.29 bits per heavy atom. The molecule has 0 unspecified atom stereocenters. The highest BCUT2D eigenvalue weighted by molar-refractivity contribution is 5.90. The normalized spacial score (nSPS) is 11.7. The number of aromatic nitrogens is 2. The Hall–Kier alpha value is -1.68. The number of hydrogen-bond acceptors (Lipinski definition) is 4. The van der Waals surface area contributed by atoms with E-state index in [1.54, 1.807) is 6.20 Å². The Morgan fingerprint density at radius 2 is 2.06 bits per heavy atom. The Balaban J connectivity index is 2.24. The van der Waals surface area contributed by atoms with Crippen molar-refractivity contribution in [2.75, 3.05) is 18.4 Å². The van der Waals surface area contributed by atoms with Gasteiger partial charge in [0.05, 0.1) is 6.20 Å². The van der Waals surface area contributed by atoms with Crippen LogP contribution in [-0.2, 0) is 0 Å². The van der Waals surface area contributed by atoms with Crippen molar-refractivity contribution < 1.29 is 0 Å². The van der Waals surface area contributed by atoms with Crippen LogP contribution in [0.5, 0.6) is 0 Å². The molecule has 0 amide bonds. The third-order valence-electron chi connectivity index (χ3n) is 2.86. The highest BCUT2D eigenvalue weighted by Crippen LogP contribution is 2.21. The Labute approximate surface area is 101 Å². The lowest BCUT2D eigenvalue weighted by molar-refractivity contribution is 0.405. The third kappa shape index (κ3) is 2.71. The molecule has 1 aromatic carbocycles. The van der Waals surface area contributed by atoms with Crippen molar-refractivity contribution in [2.24, 2.45) is 11.1 Å². The zero-order valence-corrected chi connectivity index (χ0v) is 10.3. The van der Waals surface area contributed by atoms with Crippen molar-refractivity contribution in [3.8, 4) is 0 Å². The number of nitrogens with zero attached hydrogens (tertiary/aromatic N) is 2. The van der Waals surface area contributed by atoms with Crippen LogP contribution in [0.3, 0.4) is 0 Å². The second-order valence-electron chi connectivity index (χ2n) is 5.00. The lowest BCUT2D eigenvalue weighted by atomic mass is 9.94. The minimum atomic E-state index is 0.0542. The van der Waals surface area contributed by atoms with Crippen LogP contribution < -0.4 is 11.1 Å². The summed E-state index contributed by atoms with van der Waals surface area (Å²) in [6.07, 6.45) is 1.77. The van der Waals surface area contributed by atoms with Gasteiger partial charge in [0.2, 0.25) is 0 Å². The minimum absolute atomic E-state index is 0.0542. The number of rotatable bonds is 4. The molecular weight excluding hydrogens is 212 g/mol. The van der Waals surface area contributed by atoms with E-state index in [9.17, 15) is 0 Å². The zero-order valence-electron chi connectivity index (χ0n) is 10.3. The van der Waals surface area contributed by atoms with Gasteiger partial charge >= 0.3 is 0 Å². The summed E-state index contributed by atoms with van der Waals surface area (Å²) in [5.41, 5.74) is 5.76. The van der Waals surface area contributed by atoms with Crippen molar-refractivity contribution in [1.29, 1.82) is 0 Å². The molecule has 3 N–H and O–H groups in total. The van der Waals surface area contributed by atoms with Gasteiger partial charge in [0, 0.05) is 17.3 Å². The van der Waals surface area contributed by atoms with E-state index < -0.39 is 0 Å². The van der Waals surface area contributed by atoms with E-state index in [1.807, 2.05) is 24.3 Å². The van der Waals surface area contributed by atoms with Gasteiger partial charge in [-0.2, -0.15) is 5.10 Å². The van der Waals surface area contributed by atoms with Crippen LogP contribution in [0.2, 0.25) is 0 Å². The molecule has 0 aliphatic heterocycles. The standard InChI is InChI=1S/C13H18N4/c1-13(2,8-14)9-15-12-11-6-4-3-5-10(11)7-16-17-12/h3-7H,8-9,14H2,1-2H3,(H,15,17). The van der Waals surface area contributed by atoms with E-state index in [2.05, 4.69) is 29.4 Å². The van der Waals surface area contributed by atoms with Gasteiger partial charge in [-0.05, 0) is 12.0 Å². The van der Waals surface area contributed by atoms with E-state index in [0.717, 1.165) is 23.1 Å². The van der Waals surface area contributed by atoms with Gasteiger partial charge in [-0.3, -0.25) is 0 Å². The zero-order chi connectivity index (χ0) is 12.3. The molecule has 0 atom stereocenters. The fourth-order valence-corrected chi connectivity index (χ4v) is 1.55. The summed E-state index contributed by atoms with van der Waals surface area (Å²) in [6, 6.07) is 8.08. The van der Waals surface area contributed by atoms with Gasteiger partial charge in [0.25, 0.3) is 0 Å². The van der Waals surface area contributed by atoms with Crippen molar-refractivity contribution in [3.05, 3.63) is 30.5 Å². The van der Waals surface area contributed by atoms with Crippen LogP contribution in [0.25, 0.3) is 10.8 Å². The molecule has 2 rings (SSSR count). The molecule has 0 bridgehead atoms. The van der Waals surface area contributed by atoms with Gasteiger partial charge in [-0.15, -0.1) is 5.10 Å². The summed E-state index contributed by atoms with van der Waals surface area (Å²) < 4.78 is 0. The summed E-state index contributed by atoms with van der Waals surface area (Å²) in [6.45, 7) is 5.67. The van der Waals surface area contributed by atoms with E-state index in [1.165, 1.54) is 0 Å². The second-order valence-corrected chi connectivity index (χ2v) is 5.00. The first-order valence-corrected chi connectivity index (χ1v) is 5.77. The summed E-state index contributed by atoms with van der Waals surface area (Å²) in [4.78, 5) is 0. The Kier molecular flexibility index (Phi) is 3.24. The SMILES string of the molecule is CC(C)(CN)CNc1nncc2ccccc12. The van der Waals surface area contributed by atoms with Gasteiger partial charge in [-0.25, -0.2) is 0 Å². The first kappa shape index (κ1) is 11.8. The van der Waals surface area contributed by atoms with Crippen molar-refractivity contribution in [2.45, 2.75) is 13.8 Å². The average Bonchev–Trinajstić information content (AvgIpc) is 2.36. The second kappa shape index (κ2) is 4.67. The molecule has 0 aliphatic carbocycles. The molecule has 4 nitrogen and oxygen atoms in total. The monoisotopic (exact) mass is 230 g/mol. The predicted octanol–water partition coefficient (Wildman–Crippen LogP) is 2.03. The largest absolute Gasteiger partial charge is 0.367 e. The van der Waals surface area contributed by atoms with E-state index >= 15 is 0 Å². The number of anilines is 1. The maximum absolute atomic E-state index is 5.71. The maximum atomic E-state index is 5.71. The third-order valence-corrected chi connectivity index (χ3v) is 2.86. The number of benzene rings is 1. The van der Waals surface area contributed by atoms with Crippen LogP contribution in [0, 0.1) is 5.41 Å². The highest BCUT2D eigenvalue weighted by atomic mass is 15.2. The van der Waals surface area contributed by atoms with Crippen molar-refractivity contribution in [3.63, 3.8) is 0 Å². The maximum Gasteiger partial charge on any atom is 0.156 e. The van der Waals surface area contributed by atoms with Gasteiger partial charge in [-0.1, -0.05) is 38.1 Å². The minimum Gasteiger partial charge on any atom is -0.367 e. The van der Waals surface area contributed by atoms with Gasteiger partial charge < -0.3 is 11.1 Å². The smallest absolute Gasteiger partial charge is 0.156 e. The number of fused-ring (bicyclic) bond motifs is 1. The summed E-state index contributed by atoms with van der Waals surface area (Å²) in [7, 11) is 0. The van der Waals surface area contributed by atoms with Gasteiger partial charge in [0.15, 0.2) is 5.82 Å². The first-order chi connectivity index (χ1) is 8.12. The van der Waals surface area contributed by atoms with E-state index in [4.69, 9.17) is 5.73 Å². The molecule has 1 heterocycles. The highest BCUT2D eigenvalue weighted by Gasteiger charge is 2.15. The number of hydrogen-bond donors (Lipinski definition) is 2. The van der Waals surface area contributed by atoms with Crippen LogP contribution in [0.4, 0.5) is 5.82 Å². The molecule has 0 spiro atoms. The van der Waals surface area contributed by atoms with Gasteiger partial charge in [0.1, 0.15) is 0 Å². The van der Waals surface area contributed by atoms with Crippen LogP contribution in [-0.4, -0.2) is 23.3 Å². The molecule has 0 saturated carbocycles. The fraction of sp³-hybridized carbons (Fsp3) is 0.385. The average molecular weight is 230 g/mol. The molecule has 1 aromatic heterocycles. The predicted molar refractivity (Wildman–Crippen MR) is 70.9 cm³/mol. The fourth-order valence-electron chi connectivity index (χ4n) is 1.55. The van der Waals surface area contributed by atoms with E-state index in [0.29, 0.717) is 6.54 Å². The molecule has 0 saturated heterocycles. The molecule has 90 valence electrons. The Bertz CT molecular complexity index is 502. The topological polar surface area (TPSA) is 63.8 Å². The lowest BCUT2D eigenvalue weighted by Gasteiger charge is -2.23. The van der Waals surface area contributed by atoms with Crippen molar-refractivity contribution >= 4 is 16.6 Å². The summed E-state index contributed by atoms with van der Waals surface area (Å²) in [5.74, 6) is 0.824. The molecule has 0 radical (unpaired) electrons. The first-order valence-electron chi connectivity index (χ1n) is 5.77. The molecule has 0 aliphatic rings.